The van der Waals surface area contributed by atoms with E-state index in [1.165, 1.54) is 0 Å². The molecule has 0 spiro atoms. The predicted octanol–water partition coefficient (Wildman–Crippen LogP) is 3.45. The van der Waals surface area contributed by atoms with Gasteiger partial charge in [0.15, 0.2) is 11.5 Å². The summed E-state index contributed by atoms with van der Waals surface area (Å²) in [5, 5.41) is 9.72. The van der Waals surface area contributed by atoms with Crippen molar-refractivity contribution >= 4 is 5.97 Å². The standard InChI is InChI=1S/C22H29NO5/c1-23(2)12-5-13-28-21-15-16(6-11-20(21)27-4)14-19(22(24)25)17-7-9-18(26-3)10-8-17/h6-11,15,19H,5,12-14H2,1-4H3,(H,24,25). The van der Waals surface area contributed by atoms with Crippen molar-refractivity contribution < 1.29 is 24.1 Å². The molecule has 1 unspecified atom stereocenters. The van der Waals surface area contributed by atoms with E-state index in [4.69, 9.17) is 14.2 Å². The maximum atomic E-state index is 11.8. The maximum absolute atomic E-state index is 11.8. The van der Waals surface area contributed by atoms with Gasteiger partial charge in [0.05, 0.1) is 26.7 Å². The van der Waals surface area contributed by atoms with Crippen molar-refractivity contribution in [3.8, 4) is 17.2 Å². The minimum atomic E-state index is -0.866. The van der Waals surface area contributed by atoms with Gasteiger partial charge in [-0.15, -0.1) is 0 Å². The van der Waals surface area contributed by atoms with E-state index >= 15 is 0 Å². The summed E-state index contributed by atoms with van der Waals surface area (Å²) < 4.78 is 16.4. The molecule has 1 atom stereocenters. The zero-order valence-corrected chi connectivity index (χ0v) is 17.0. The lowest BCUT2D eigenvalue weighted by atomic mass is 9.92. The Balaban J connectivity index is 2.15. The van der Waals surface area contributed by atoms with Crippen LogP contribution >= 0.6 is 0 Å². The summed E-state index contributed by atoms with van der Waals surface area (Å²) >= 11 is 0. The summed E-state index contributed by atoms with van der Waals surface area (Å²) in [5.74, 6) is 0.462. The van der Waals surface area contributed by atoms with Gasteiger partial charge in [-0.1, -0.05) is 18.2 Å². The van der Waals surface area contributed by atoms with Gasteiger partial charge in [0.1, 0.15) is 5.75 Å². The van der Waals surface area contributed by atoms with Crippen molar-refractivity contribution in [3.05, 3.63) is 53.6 Å². The monoisotopic (exact) mass is 387 g/mol. The Morgan fingerprint density at radius 1 is 1.04 bits per heavy atom. The summed E-state index contributed by atoms with van der Waals surface area (Å²) in [5.41, 5.74) is 1.61. The van der Waals surface area contributed by atoms with Crippen molar-refractivity contribution in [1.29, 1.82) is 0 Å². The molecule has 0 bridgehead atoms. The van der Waals surface area contributed by atoms with E-state index in [-0.39, 0.29) is 0 Å². The van der Waals surface area contributed by atoms with Gasteiger partial charge in [-0.3, -0.25) is 4.79 Å². The van der Waals surface area contributed by atoms with Gasteiger partial charge in [0.2, 0.25) is 0 Å². The molecule has 28 heavy (non-hydrogen) atoms. The van der Waals surface area contributed by atoms with Crippen LogP contribution in [-0.2, 0) is 11.2 Å². The lowest BCUT2D eigenvalue weighted by Gasteiger charge is -2.16. The second kappa shape index (κ2) is 10.6. The molecule has 2 aromatic carbocycles. The van der Waals surface area contributed by atoms with Gasteiger partial charge >= 0.3 is 5.97 Å². The first-order valence-electron chi connectivity index (χ1n) is 9.25. The molecule has 2 aromatic rings. The van der Waals surface area contributed by atoms with Crippen molar-refractivity contribution in [2.75, 3.05) is 41.5 Å². The third-order valence-corrected chi connectivity index (χ3v) is 4.49. The van der Waals surface area contributed by atoms with Gasteiger partial charge in [-0.2, -0.15) is 0 Å². The molecule has 0 radical (unpaired) electrons. The summed E-state index contributed by atoms with van der Waals surface area (Å²) in [4.78, 5) is 14.0. The van der Waals surface area contributed by atoms with Crippen LogP contribution in [0.15, 0.2) is 42.5 Å². The summed E-state index contributed by atoms with van der Waals surface area (Å²) in [7, 11) is 7.22. The number of carboxylic acids is 1. The third-order valence-electron chi connectivity index (χ3n) is 4.49. The number of ether oxygens (including phenoxy) is 3. The summed E-state index contributed by atoms with van der Waals surface area (Å²) in [6.07, 6.45) is 1.25. The first-order valence-corrected chi connectivity index (χ1v) is 9.25. The Hall–Kier alpha value is -2.73. The molecule has 0 saturated carbocycles. The van der Waals surface area contributed by atoms with Crippen LogP contribution in [0.5, 0.6) is 17.2 Å². The van der Waals surface area contributed by atoms with Crippen LogP contribution in [0.2, 0.25) is 0 Å². The number of benzene rings is 2. The van der Waals surface area contributed by atoms with Crippen LogP contribution in [0.3, 0.4) is 0 Å². The van der Waals surface area contributed by atoms with E-state index in [1.807, 2.05) is 32.3 Å². The smallest absolute Gasteiger partial charge is 0.311 e. The number of aliphatic carboxylic acids is 1. The normalized spacial score (nSPS) is 11.9. The molecule has 1 N–H and O–H groups in total. The molecule has 0 saturated heterocycles. The molecule has 0 aliphatic carbocycles. The Kier molecular flexibility index (Phi) is 8.14. The molecule has 2 rings (SSSR count). The SMILES string of the molecule is COc1ccc(C(Cc2ccc(OC)c(OCCCN(C)C)c2)C(=O)O)cc1. The quantitative estimate of drug-likeness (QED) is 0.596. The molecule has 6 heteroatoms. The van der Waals surface area contributed by atoms with E-state index in [0.29, 0.717) is 30.3 Å². The van der Waals surface area contributed by atoms with Crippen LogP contribution < -0.4 is 14.2 Å². The number of methoxy groups -OCH3 is 2. The Morgan fingerprint density at radius 3 is 2.32 bits per heavy atom. The molecule has 0 aliphatic rings. The highest BCUT2D eigenvalue weighted by atomic mass is 16.5. The van der Waals surface area contributed by atoms with Gasteiger partial charge in [-0.05, 0) is 62.3 Å². The number of carbonyl (C=O) groups is 1. The number of hydrogen-bond acceptors (Lipinski definition) is 5. The molecule has 152 valence electrons. The third kappa shape index (κ3) is 6.16. The number of hydrogen-bond donors (Lipinski definition) is 1. The van der Waals surface area contributed by atoms with Crippen molar-refractivity contribution in [3.63, 3.8) is 0 Å². The molecule has 0 amide bonds. The van der Waals surface area contributed by atoms with Crippen LogP contribution in [-0.4, -0.2) is 57.4 Å². The van der Waals surface area contributed by atoms with E-state index in [9.17, 15) is 9.90 Å². The Bertz CT molecular complexity index is 758. The lowest BCUT2D eigenvalue weighted by Crippen LogP contribution is -2.16. The molecular formula is C22H29NO5. The van der Waals surface area contributed by atoms with Gasteiger partial charge < -0.3 is 24.2 Å². The Labute approximate surface area is 166 Å². The number of carboxylic acid groups (broad SMARTS) is 1. The topological polar surface area (TPSA) is 68.2 Å². The average molecular weight is 387 g/mol. The fraction of sp³-hybridized carbons (Fsp3) is 0.409. The van der Waals surface area contributed by atoms with Crippen LogP contribution in [0.25, 0.3) is 0 Å². The fourth-order valence-corrected chi connectivity index (χ4v) is 2.94. The zero-order chi connectivity index (χ0) is 20.5. The second-order valence-corrected chi connectivity index (χ2v) is 6.86. The van der Waals surface area contributed by atoms with Gasteiger partial charge in [-0.25, -0.2) is 0 Å². The molecule has 6 nitrogen and oxygen atoms in total. The van der Waals surface area contributed by atoms with E-state index in [0.717, 1.165) is 24.1 Å². The minimum absolute atomic E-state index is 0.361. The highest BCUT2D eigenvalue weighted by Crippen LogP contribution is 2.31. The van der Waals surface area contributed by atoms with Crippen molar-refractivity contribution in [2.45, 2.75) is 18.8 Å². The lowest BCUT2D eigenvalue weighted by molar-refractivity contribution is -0.138. The largest absolute Gasteiger partial charge is 0.497 e. The number of nitrogens with zero attached hydrogens (tertiary/aromatic N) is 1. The average Bonchev–Trinajstić information content (AvgIpc) is 2.69. The Morgan fingerprint density at radius 2 is 1.75 bits per heavy atom. The predicted molar refractivity (Wildman–Crippen MR) is 109 cm³/mol. The molecule has 0 fully saturated rings. The first-order chi connectivity index (χ1) is 13.4. The summed E-state index contributed by atoms with van der Waals surface area (Å²) in [6, 6.07) is 12.7. The fourth-order valence-electron chi connectivity index (χ4n) is 2.94. The highest BCUT2D eigenvalue weighted by molar-refractivity contribution is 5.76. The van der Waals surface area contributed by atoms with Crippen LogP contribution in [0, 0.1) is 0 Å². The highest BCUT2D eigenvalue weighted by Gasteiger charge is 2.21. The second-order valence-electron chi connectivity index (χ2n) is 6.86. The van der Waals surface area contributed by atoms with E-state index in [1.54, 1.807) is 38.5 Å². The van der Waals surface area contributed by atoms with Crippen LogP contribution in [0.4, 0.5) is 0 Å². The van der Waals surface area contributed by atoms with Crippen molar-refractivity contribution in [1.82, 2.24) is 4.90 Å². The van der Waals surface area contributed by atoms with Gasteiger partial charge in [0.25, 0.3) is 0 Å². The first kappa shape index (κ1) is 21.6. The molecule has 0 aromatic heterocycles. The summed E-state index contributed by atoms with van der Waals surface area (Å²) in [6.45, 7) is 1.50. The van der Waals surface area contributed by atoms with Gasteiger partial charge in [0, 0.05) is 6.54 Å². The zero-order valence-electron chi connectivity index (χ0n) is 17.0. The van der Waals surface area contributed by atoms with E-state index < -0.39 is 11.9 Å². The number of rotatable bonds is 11. The van der Waals surface area contributed by atoms with Crippen LogP contribution in [0.1, 0.15) is 23.5 Å². The minimum Gasteiger partial charge on any atom is -0.497 e. The molecular weight excluding hydrogens is 358 g/mol. The van der Waals surface area contributed by atoms with E-state index in [2.05, 4.69) is 4.90 Å². The maximum Gasteiger partial charge on any atom is 0.311 e. The molecule has 0 heterocycles. The van der Waals surface area contributed by atoms with Crippen molar-refractivity contribution in [2.24, 2.45) is 0 Å². The molecule has 0 aliphatic heterocycles.